The molecule has 0 radical (unpaired) electrons. The summed E-state index contributed by atoms with van der Waals surface area (Å²) in [5, 5.41) is 7.70. The first kappa shape index (κ1) is 23.6. The maximum absolute atomic E-state index is 12.0. The molecule has 0 saturated heterocycles. The summed E-state index contributed by atoms with van der Waals surface area (Å²) in [4.78, 5) is 24.1. The molecule has 2 N–H and O–H groups in total. The van der Waals surface area contributed by atoms with Gasteiger partial charge >= 0.3 is 11.8 Å². The number of carbonyl (C=O) groups is 2. The number of anilines is 1. The number of hydrazone groups is 1. The smallest absolute Gasteiger partial charge is 0.329 e. The summed E-state index contributed by atoms with van der Waals surface area (Å²) in [6.07, 6.45) is 1.39. The van der Waals surface area contributed by atoms with E-state index in [1.54, 1.807) is 54.6 Å². The van der Waals surface area contributed by atoms with Crippen LogP contribution in [-0.4, -0.2) is 18.0 Å². The number of rotatable bonds is 6. The molecule has 3 aromatic carbocycles. The SMILES string of the molecule is Cc1ccc(NC(=O)C(=O)N/N=C\c2ccccc2OCc2ccc(Cl)c(Cl)c2)cc1Cl. The van der Waals surface area contributed by atoms with Crippen molar-refractivity contribution in [2.75, 3.05) is 5.32 Å². The van der Waals surface area contributed by atoms with Crippen LogP contribution in [0, 0.1) is 6.92 Å². The van der Waals surface area contributed by atoms with Crippen LogP contribution in [0.5, 0.6) is 5.75 Å². The molecule has 0 aliphatic carbocycles. The lowest BCUT2D eigenvalue weighted by molar-refractivity contribution is -0.136. The molecule has 3 aromatic rings. The summed E-state index contributed by atoms with van der Waals surface area (Å²) in [6, 6.07) is 17.3. The van der Waals surface area contributed by atoms with Crippen molar-refractivity contribution < 1.29 is 14.3 Å². The number of aryl methyl sites for hydroxylation is 1. The number of nitrogens with zero attached hydrogens (tertiary/aromatic N) is 1. The number of carbonyl (C=O) groups excluding carboxylic acids is 2. The van der Waals surface area contributed by atoms with E-state index in [0.717, 1.165) is 11.1 Å². The molecule has 0 heterocycles. The quantitative estimate of drug-likeness (QED) is 0.267. The maximum atomic E-state index is 12.0. The lowest BCUT2D eigenvalue weighted by Crippen LogP contribution is -2.32. The van der Waals surface area contributed by atoms with Crippen molar-refractivity contribution >= 4 is 58.5 Å². The summed E-state index contributed by atoms with van der Waals surface area (Å²) >= 11 is 18.0. The van der Waals surface area contributed by atoms with E-state index < -0.39 is 11.8 Å². The summed E-state index contributed by atoms with van der Waals surface area (Å²) in [5.74, 6) is -1.26. The normalized spacial score (nSPS) is 10.8. The fourth-order valence-corrected chi connectivity index (χ4v) is 3.08. The average Bonchev–Trinajstić information content (AvgIpc) is 2.77. The van der Waals surface area contributed by atoms with Gasteiger partial charge in [0.15, 0.2) is 0 Å². The van der Waals surface area contributed by atoms with Crippen LogP contribution in [-0.2, 0) is 16.2 Å². The van der Waals surface area contributed by atoms with Crippen molar-refractivity contribution in [3.63, 3.8) is 0 Å². The van der Waals surface area contributed by atoms with Gasteiger partial charge in [-0.2, -0.15) is 5.10 Å². The van der Waals surface area contributed by atoms with Crippen molar-refractivity contribution in [1.82, 2.24) is 5.43 Å². The first-order chi connectivity index (χ1) is 15.3. The van der Waals surface area contributed by atoms with E-state index in [2.05, 4.69) is 15.8 Å². The zero-order chi connectivity index (χ0) is 23.1. The molecule has 9 heteroatoms. The molecule has 0 unspecified atom stereocenters. The molecule has 0 aromatic heterocycles. The summed E-state index contributed by atoms with van der Waals surface area (Å²) in [7, 11) is 0. The van der Waals surface area contributed by atoms with Gasteiger partial charge in [0.05, 0.1) is 16.3 Å². The highest BCUT2D eigenvalue weighted by atomic mass is 35.5. The van der Waals surface area contributed by atoms with E-state index in [4.69, 9.17) is 39.5 Å². The highest BCUT2D eigenvalue weighted by Crippen LogP contribution is 2.24. The van der Waals surface area contributed by atoms with Gasteiger partial charge in [-0.3, -0.25) is 9.59 Å². The van der Waals surface area contributed by atoms with E-state index >= 15 is 0 Å². The molecule has 164 valence electrons. The van der Waals surface area contributed by atoms with Crippen LogP contribution in [0.2, 0.25) is 15.1 Å². The van der Waals surface area contributed by atoms with E-state index in [-0.39, 0.29) is 6.61 Å². The van der Waals surface area contributed by atoms with Crippen LogP contribution >= 0.6 is 34.8 Å². The Labute approximate surface area is 200 Å². The zero-order valence-corrected chi connectivity index (χ0v) is 19.1. The first-order valence-corrected chi connectivity index (χ1v) is 10.5. The summed E-state index contributed by atoms with van der Waals surface area (Å²) in [6.45, 7) is 2.09. The average molecular weight is 491 g/mol. The van der Waals surface area contributed by atoms with Crippen molar-refractivity contribution in [2.24, 2.45) is 5.10 Å². The van der Waals surface area contributed by atoms with Gasteiger partial charge in [0, 0.05) is 16.3 Å². The Hall–Kier alpha value is -3.06. The molecule has 0 atom stereocenters. The number of hydrogen-bond acceptors (Lipinski definition) is 4. The number of hydrogen-bond donors (Lipinski definition) is 2. The number of benzene rings is 3. The lowest BCUT2D eigenvalue weighted by atomic mass is 10.2. The molecule has 0 spiro atoms. The Morgan fingerprint density at radius 2 is 1.72 bits per heavy atom. The number of ether oxygens (including phenoxy) is 1. The molecule has 0 aliphatic heterocycles. The minimum atomic E-state index is -0.924. The van der Waals surface area contributed by atoms with Gasteiger partial charge in [-0.1, -0.05) is 59.1 Å². The molecular weight excluding hydrogens is 473 g/mol. The van der Waals surface area contributed by atoms with Gasteiger partial charge in [0.2, 0.25) is 0 Å². The lowest BCUT2D eigenvalue weighted by Gasteiger charge is -2.09. The minimum absolute atomic E-state index is 0.260. The molecule has 0 saturated carbocycles. The van der Waals surface area contributed by atoms with E-state index in [0.29, 0.717) is 32.1 Å². The molecule has 2 amide bonds. The number of halogens is 3. The molecule has 32 heavy (non-hydrogen) atoms. The van der Waals surface area contributed by atoms with E-state index in [1.807, 2.05) is 13.0 Å². The zero-order valence-electron chi connectivity index (χ0n) is 16.9. The monoisotopic (exact) mass is 489 g/mol. The van der Waals surface area contributed by atoms with Crippen LogP contribution in [0.1, 0.15) is 16.7 Å². The molecule has 0 bridgehead atoms. The Morgan fingerprint density at radius 1 is 0.938 bits per heavy atom. The standard InChI is InChI=1S/C23H18Cl3N3O3/c1-14-6-8-17(11-19(14)25)28-22(30)23(31)29-27-12-16-4-2-3-5-21(16)32-13-15-7-9-18(24)20(26)10-15/h2-12H,13H2,1H3,(H,28,30)(H,29,31)/b27-12-. The molecule has 6 nitrogen and oxygen atoms in total. The topological polar surface area (TPSA) is 79.8 Å². The number of para-hydroxylation sites is 1. The van der Waals surface area contributed by atoms with Gasteiger partial charge in [-0.15, -0.1) is 0 Å². The van der Waals surface area contributed by atoms with Gasteiger partial charge in [-0.05, 0) is 54.4 Å². The second-order valence-electron chi connectivity index (χ2n) is 6.69. The summed E-state index contributed by atoms with van der Waals surface area (Å²) in [5.41, 5.74) is 4.91. The predicted molar refractivity (Wildman–Crippen MR) is 128 cm³/mol. The van der Waals surface area contributed by atoms with Crippen molar-refractivity contribution in [3.8, 4) is 5.75 Å². The third-order valence-electron chi connectivity index (χ3n) is 4.30. The molecule has 0 aliphatic rings. The highest BCUT2D eigenvalue weighted by molar-refractivity contribution is 6.42. The fourth-order valence-electron chi connectivity index (χ4n) is 2.58. The minimum Gasteiger partial charge on any atom is -0.488 e. The molecule has 3 rings (SSSR count). The third-order valence-corrected chi connectivity index (χ3v) is 5.45. The highest BCUT2D eigenvalue weighted by Gasteiger charge is 2.13. The van der Waals surface area contributed by atoms with Gasteiger partial charge in [0.1, 0.15) is 12.4 Å². The predicted octanol–water partition coefficient (Wildman–Crippen LogP) is 5.62. The van der Waals surface area contributed by atoms with Crippen molar-refractivity contribution in [3.05, 3.63) is 92.4 Å². The molecule has 0 fully saturated rings. The van der Waals surface area contributed by atoms with Gasteiger partial charge in [0.25, 0.3) is 0 Å². The second-order valence-corrected chi connectivity index (χ2v) is 7.91. The third kappa shape index (κ3) is 6.47. The second kappa shape index (κ2) is 11.0. The number of amides is 2. The van der Waals surface area contributed by atoms with Crippen molar-refractivity contribution in [1.29, 1.82) is 0 Å². The molecular formula is C23H18Cl3N3O3. The Bertz CT molecular complexity index is 1180. The van der Waals surface area contributed by atoms with Crippen molar-refractivity contribution in [2.45, 2.75) is 13.5 Å². The first-order valence-electron chi connectivity index (χ1n) is 9.40. The Morgan fingerprint density at radius 3 is 2.47 bits per heavy atom. The Balaban J connectivity index is 1.58. The van der Waals surface area contributed by atoms with Gasteiger partial charge < -0.3 is 10.1 Å². The van der Waals surface area contributed by atoms with E-state index in [9.17, 15) is 9.59 Å². The van der Waals surface area contributed by atoms with Crippen LogP contribution in [0.25, 0.3) is 0 Å². The van der Waals surface area contributed by atoms with Crippen LogP contribution in [0.3, 0.4) is 0 Å². The van der Waals surface area contributed by atoms with Gasteiger partial charge in [-0.25, -0.2) is 5.43 Å². The maximum Gasteiger partial charge on any atom is 0.329 e. The van der Waals surface area contributed by atoms with E-state index in [1.165, 1.54) is 6.21 Å². The van der Waals surface area contributed by atoms with Crippen LogP contribution < -0.4 is 15.5 Å². The fraction of sp³-hybridized carbons (Fsp3) is 0.0870. The largest absolute Gasteiger partial charge is 0.488 e. The number of nitrogens with one attached hydrogen (secondary N) is 2. The van der Waals surface area contributed by atoms with Crippen LogP contribution in [0.15, 0.2) is 65.8 Å². The van der Waals surface area contributed by atoms with Crippen LogP contribution in [0.4, 0.5) is 5.69 Å². The summed E-state index contributed by atoms with van der Waals surface area (Å²) < 4.78 is 5.83. The Kier molecular flexibility index (Phi) is 8.11.